The van der Waals surface area contributed by atoms with E-state index in [-0.39, 0.29) is 17.0 Å². The molecule has 31 heavy (non-hydrogen) atoms. The van der Waals surface area contributed by atoms with E-state index in [1.807, 2.05) is 0 Å². The van der Waals surface area contributed by atoms with Crippen molar-refractivity contribution in [2.24, 2.45) is 5.73 Å². The molecule has 170 valence electrons. The minimum Gasteiger partial charge on any atom is -0.477 e. The van der Waals surface area contributed by atoms with Gasteiger partial charge in [-0.2, -0.15) is 11.8 Å². The highest BCUT2D eigenvalue weighted by Gasteiger charge is 2.52. The van der Waals surface area contributed by atoms with Gasteiger partial charge >= 0.3 is 12.1 Å². The van der Waals surface area contributed by atoms with E-state index in [2.05, 4.69) is 14.9 Å². The van der Waals surface area contributed by atoms with Crippen LogP contribution in [0.5, 0.6) is 0 Å². The molecule has 14 heteroatoms. The number of carboxylic acid groups (broad SMARTS) is 1. The summed E-state index contributed by atoms with van der Waals surface area (Å²) < 4.78 is 9.96. The fraction of sp³-hybridized carbons (Fsp3) is 0.588. The van der Waals surface area contributed by atoms with Crippen LogP contribution in [-0.4, -0.2) is 72.6 Å². The first-order chi connectivity index (χ1) is 14.6. The normalized spacial score (nSPS) is 20.9. The van der Waals surface area contributed by atoms with Gasteiger partial charge in [0, 0.05) is 28.7 Å². The highest BCUT2D eigenvalue weighted by molar-refractivity contribution is 8.07. The fourth-order valence-electron chi connectivity index (χ4n) is 2.75. The Morgan fingerprint density at radius 2 is 2.16 bits per heavy atom. The summed E-state index contributed by atoms with van der Waals surface area (Å²) in [5.74, 6) is 0.159. The molecule has 2 aliphatic heterocycles. The molecule has 2 amide bonds. The number of aliphatic carboxylic acids is 1. The van der Waals surface area contributed by atoms with E-state index in [1.165, 1.54) is 40.0 Å². The van der Waals surface area contributed by atoms with E-state index in [1.54, 1.807) is 32.5 Å². The molecule has 0 saturated carbocycles. The Balaban J connectivity index is 1.55. The van der Waals surface area contributed by atoms with E-state index in [0.717, 1.165) is 9.90 Å². The van der Waals surface area contributed by atoms with Gasteiger partial charge in [-0.3, -0.25) is 9.69 Å². The zero-order valence-electron chi connectivity index (χ0n) is 17.1. The van der Waals surface area contributed by atoms with Crippen molar-refractivity contribution in [3.63, 3.8) is 0 Å². The molecule has 3 heterocycles. The molecular formula is C17H23N5O5S4. The van der Waals surface area contributed by atoms with Gasteiger partial charge in [-0.25, -0.2) is 9.59 Å². The monoisotopic (exact) mass is 505 g/mol. The van der Waals surface area contributed by atoms with Gasteiger partial charge in [0.15, 0.2) is 0 Å². The molecule has 0 aliphatic carbocycles. The smallest absolute Gasteiger partial charge is 0.407 e. The van der Waals surface area contributed by atoms with Crippen molar-refractivity contribution >= 4 is 64.8 Å². The fourth-order valence-corrected chi connectivity index (χ4v) is 7.02. The van der Waals surface area contributed by atoms with E-state index < -0.39 is 23.7 Å². The van der Waals surface area contributed by atoms with Crippen molar-refractivity contribution in [2.75, 3.05) is 18.1 Å². The van der Waals surface area contributed by atoms with Gasteiger partial charge in [0.05, 0.1) is 5.69 Å². The number of carbonyl (C=O) groups excluding carboxylic acids is 2. The first kappa shape index (κ1) is 24.2. The van der Waals surface area contributed by atoms with Crippen LogP contribution in [0.15, 0.2) is 14.8 Å². The first-order valence-corrected chi connectivity index (χ1v) is 13.1. The minimum absolute atomic E-state index is 0.00554. The highest BCUT2D eigenvalue weighted by Crippen LogP contribution is 2.45. The van der Waals surface area contributed by atoms with Crippen molar-refractivity contribution < 1.29 is 24.2 Å². The number of nitrogens with two attached hydrogens (primary N) is 1. The molecule has 0 radical (unpaired) electrons. The van der Waals surface area contributed by atoms with Crippen LogP contribution in [0.2, 0.25) is 0 Å². The number of nitrogens with one attached hydrogen (secondary N) is 1. The Hall–Kier alpha value is -1.48. The Morgan fingerprint density at radius 3 is 2.84 bits per heavy atom. The number of nitrogens with zero attached hydrogens (tertiary/aromatic N) is 3. The van der Waals surface area contributed by atoms with E-state index in [0.29, 0.717) is 28.7 Å². The molecule has 2 aliphatic rings. The average Bonchev–Trinajstić information content (AvgIpc) is 3.12. The summed E-state index contributed by atoms with van der Waals surface area (Å²) in [7, 11) is 0. The lowest BCUT2D eigenvalue weighted by Crippen LogP contribution is -2.68. The van der Waals surface area contributed by atoms with Crippen LogP contribution in [0.25, 0.3) is 0 Å². The predicted octanol–water partition coefficient (Wildman–Crippen LogP) is 1.93. The number of carbonyl (C=O) groups is 3. The van der Waals surface area contributed by atoms with Gasteiger partial charge in [-0.15, -0.1) is 16.9 Å². The molecule has 3 rings (SSSR count). The van der Waals surface area contributed by atoms with Gasteiger partial charge in [-0.05, 0) is 32.3 Å². The summed E-state index contributed by atoms with van der Waals surface area (Å²) in [5, 5.41) is 16.2. The quantitative estimate of drug-likeness (QED) is 0.351. The van der Waals surface area contributed by atoms with Gasteiger partial charge in [0.2, 0.25) is 5.91 Å². The third-order valence-corrected chi connectivity index (χ3v) is 8.56. The molecular weight excluding hydrogens is 482 g/mol. The minimum atomic E-state index is -1.14. The molecule has 1 saturated heterocycles. The molecule has 1 aromatic heterocycles. The molecule has 0 bridgehead atoms. The summed E-state index contributed by atoms with van der Waals surface area (Å²) >= 11 is 5.50. The second-order valence-electron chi connectivity index (χ2n) is 7.60. The van der Waals surface area contributed by atoms with Crippen molar-refractivity contribution in [1.82, 2.24) is 19.8 Å². The predicted molar refractivity (Wildman–Crippen MR) is 122 cm³/mol. The van der Waals surface area contributed by atoms with Gasteiger partial charge in [0.25, 0.3) is 0 Å². The van der Waals surface area contributed by atoms with Gasteiger partial charge in [-0.1, -0.05) is 16.3 Å². The summed E-state index contributed by atoms with van der Waals surface area (Å²) in [6.45, 7) is 5.86. The Morgan fingerprint density at radius 1 is 1.42 bits per heavy atom. The number of alkyl carbamates (subject to hydrolysis) is 1. The van der Waals surface area contributed by atoms with E-state index >= 15 is 0 Å². The largest absolute Gasteiger partial charge is 0.477 e. The molecule has 0 spiro atoms. The second-order valence-corrected chi connectivity index (χ2v) is 11.9. The number of β-lactam (4-membered cyclic amide) rings is 1. The molecule has 4 N–H and O–H groups in total. The van der Waals surface area contributed by atoms with Crippen LogP contribution < -0.4 is 11.1 Å². The summed E-state index contributed by atoms with van der Waals surface area (Å²) in [5.41, 5.74) is 5.98. The maximum Gasteiger partial charge on any atom is 0.407 e. The number of rotatable bonds is 8. The first-order valence-electron chi connectivity index (χ1n) is 9.29. The van der Waals surface area contributed by atoms with Crippen LogP contribution in [0.3, 0.4) is 0 Å². The number of fused-ring (bicyclic) bond motifs is 1. The molecule has 10 nitrogen and oxygen atoms in total. The number of amides is 2. The van der Waals surface area contributed by atoms with Crippen LogP contribution >= 0.6 is 46.8 Å². The zero-order chi connectivity index (χ0) is 22.8. The van der Waals surface area contributed by atoms with Crippen molar-refractivity contribution in [3.05, 3.63) is 16.3 Å². The number of ether oxygens (including phenoxy) is 1. The maximum atomic E-state index is 12.1. The van der Waals surface area contributed by atoms with Gasteiger partial charge in [0.1, 0.15) is 26.9 Å². The van der Waals surface area contributed by atoms with Crippen molar-refractivity contribution in [3.8, 4) is 0 Å². The molecule has 2 atom stereocenters. The molecule has 1 fully saturated rings. The summed E-state index contributed by atoms with van der Waals surface area (Å²) in [4.78, 5) is 37.4. The standard InChI is InChI=1S/C17H23N5O5S4/c1-17(2,3)27-16(26)19-4-5-28-6-8-15(31-21-20-8)30-9-7-29-13-10(18)12(23)22(13)11(9)14(24)25/h10,13H,4-7,18H2,1-3H3,(H,19,26)(H,24,25)/t10-,13-/m1/s1. The molecule has 1 aromatic rings. The third-order valence-electron chi connectivity index (χ3n) is 4.07. The lowest BCUT2D eigenvalue weighted by molar-refractivity contribution is -0.147. The zero-order valence-corrected chi connectivity index (χ0v) is 20.4. The van der Waals surface area contributed by atoms with E-state index in [9.17, 15) is 19.5 Å². The number of carboxylic acids is 1. The van der Waals surface area contributed by atoms with Crippen LogP contribution in [0.4, 0.5) is 4.79 Å². The second kappa shape index (κ2) is 9.98. The maximum absolute atomic E-state index is 12.1. The lowest BCUT2D eigenvalue weighted by atomic mass is 10.1. The topological polar surface area (TPSA) is 148 Å². The third kappa shape index (κ3) is 5.86. The molecule has 0 unspecified atom stereocenters. The van der Waals surface area contributed by atoms with Crippen molar-refractivity contribution in [2.45, 2.75) is 47.8 Å². The van der Waals surface area contributed by atoms with Crippen LogP contribution in [0.1, 0.15) is 26.5 Å². The van der Waals surface area contributed by atoms with Crippen LogP contribution in [0, 0.1) is 0 Å². The number of hydrogen-bond acceptors (Lipinski definition) is 11. The Kier molecular flexibility index (Phi) is 7.78. The van der Waals surface area contributed by atoms with Crippen molar-refractivity contribution in [1.29, 1.82) is 0 Å². The SMILES string of the molecule is CC(C)(C)OC(=O)NCCSCc1nnsc1SC1=C(C(=O)O)N2C(=O)[C@@H](N)[C@H]2SC1. The number of aromatic nitrogens is 2. The summed E-state index contributed by atoms with van der Waals surface area (Å²) in [6.07, 6.45) is -0.457. The van der Waals surface area contributed by atoms with E-state index in [4.69, 9.17) is 10.5 Å². The Labute approximate surface area is 196 Å². The lowest BCUT2D eigenvalue weighted by Gasteiger charge is -2.47. The highest BCUT2D eigenvalue weighted by atomic mass is 32.2. The molecule has 0 aromatic carbocycles. The number of hydrogen-bond donors (Lipinski definition) is 3. The van der Waals surface area contributed by atoms with Gasteiger partial charge < -0.3 is 20.9 Å². The average molecular weight is 506 g/mol. The van der Waals surface area contributed by atoms with Crippen LogP contribution in [-0.2, 0) is 20.1 Å². The number of thioether (sulfide) groups is 3. The Bertz CT molecular complexity index is 900. The summed E-state index contributed by atoms with van der Waals surface area (Å²) in [6, 6.07) is -0.655.